The van der Waals surface area contributed by atoms with Gasteiger partial charge in [-0.05, 0) is 70.1 Å². The molecule has 2 aliphatic carbocycles. The molecule has 5 heterocycles. The topological polar surface area (TPSA) is 213 Å². The number of nitrogens with zero attached hydrogens (tertiary/aromatic N) is 3. The van der Waals surface area contributed by atoms with Crippen LogP contribution in [0, 0.1) is 17.8 Å². The number of carbonyl (C=O) groups is 5. The van der Waals surface area contributed by atoms with Crippen LogP contribution in [0.1, 0.15) is 104 Å². The van der Waals surface area contributed by atoms with Crippen molar-refractivity contribution in [1.82, 2.24) is 63.2 Å². The van der Waals surface area contributed by atoms with E-state index in [0.29, 0.717) is 82.2 Å². The SMILES string of the molecule is CCC(CC)C1CC(N[C@H]2CC[C@H](NCC(=O)NCCCC3CN(CCOCCNC4CCCC5C(=O)N(C6CCC(=O)NC6=O)C(=O)C45)NN3)C2)N2NCCC2N1. The van der Waals surface area contributed by atoms with Crippen molar-refractivity contribution in [2.45, 2.75) is 152 Å². The zero-order chi connectivity index (χ0) is 40.6. The highest BCUT2D eigenvalue weighted by atomic mass is 16.5. The molecule has 8 unspecified atom stereocenters. The predicted molar refractivity (Wildman–Crippen MR) is 216 cm³/mol. The van der Waals surface area contributed by atoms with Gasteiger partial charge in [0.15, 0.2) is 0 Å². The number of carbonyl (C=O) groups excluding carboxylic acids is 5. The summed E-state index contributed by atoms with van der Waals surface area (Å²) < 4.78 is 5.90. The number of fused-ring (bicyclic) bond motifs is 2. The van der Waals surface area contributed by atoms with Gasteiger partial charge in [-0.15, -0.1) is 0 Å². The summed E-state index contributed by atoms with van der Waals surface area (Å²) in [6, 6.07) is 0.594. The van der Waals surface area contributed by atoms with E-state index in [-0.39, 0.29) is 48.6 Å². The molecule has 0 aromatic heterocycles. The second-order valence-corrected chi connectivity index (χ2v) is 17.6. The number of imide groups is 2. The van der Waals surface area contributed by atoms with Crippen LogP contribution in [0.15, 0.2) is 0 Å². The minimum absolute atomic E-state index is 0.0542. The zero-order valence-electron chi connectivity index (χ0n) is 34.7. The van der Waals surface area contributed by atoms with Gasteiger partial charge in [-0.25, -0.2) is 15.4 Å². The third-order valence-corrected chi connectivity index (χ3v) is 13.9. The molecule has 5 amide bonds. The molecule has 0 aromatic rings. The lowest BCUT2D eigenvalue weighted by Crippen LogP contribution is -2.66. The number of hydrazine groups is 3. The third kappa shape index (κ3) is 10.6. The normalized spacial score (nSPS) is 34.6. The quantitative estimate of drug-likeness (QED) is 0.0528. The molecule has 5 aliphatic heterocycles. The van der Waals surface area contributed by atoms with Crippen molar-refractivity contribution in [1.29, 1.82) is 0 Å². The molecular formula is C40H70N12O6. The van der Waals surface area contributed by atoms with E-state index in [2.05, 4.69) is 72.2 Å². The molecule has 0 bridgehead atoms. The smallest absolute Gasteiger partial charge is 0.249 e. The Morgan fingerprint density at radius 2 is 1.78 bits per heavy atom. The molecule has 0 aromatic carbocycles. The Balaban J connectivity index is 0.706. The summed E-state index contributed by atoms with van der Waals surface area (Å²) in [5.74, 6) is -1.67. The Hall–Kier alpha value is -2.65. The summed E-state index contributed by atoms with van der Waals surface area (Å²) in [4.78, 5) is 64.5. The average molecular weight is 815 g/mol. The van der Waals surface area contributed by atoms with E-state index in [4.69, 9.17) is 4.74 Å². The molecule has 10 atom stereocenters. The molecule has 7 rings (SSSR count). The van der Waals surface area contributed by atoms with E-state index in [0.717, 1.165) is 75.8 Å². The fraction of sp³-hybridized carbons (Fsp3) is 0.875. The number of nitrogens with one attached hydrogen (secondary N) is 9. The first-order valence-corrected chi connectivity index (χ1v) is 22.5. The maximum atomic E-state index is 13.4. The largest absolute Gasteiger partial charge is 0.379 e. The van der Waals surface area contributed by atoms with Crippen molar-refractivity contribution in [2.75, 3.05) is 52.5 Å². The maximum Gasteiger partial charge on any atom is 0.249 e. The average Bonchev–Trinajstić information content (AvgIpc) is 4.03. The van der Waals surface area contributed by atoms with Gasteiger partial charge in [0.05, 0.1) is 43.9 Å². The Labute approximate surface area is 343 Å². The Morgan fingerprint density at radius 1 is 0.931 bits per heavy atom. The van der Waals surface area contributed by atoms with Crippen molar-refractivity contribution in [3.05, 3.63) is 0 Å². The van der Waals surface area contributed by atoms with Crippen molar-refractivity contribution in [3.63, 3.8) is 0 Å². The number of amides is 5. The molecular weight excluding hydrogens is 745 g/mol. The van der Waals surface area contributed by atoms with E-state index < -0.39 is 23.8 Å². The number of hydrogen-bond acceptors (Lipinski definition) is 15. The Bertz CT molecular complexity index is 1440. The van der Waals surface area contributed by atoms with Gasteiger partial charge in [0, 0.05) is 69.4 Å². The lowest BCUT2D eigenvalue weighted by molar-refractivity contribution is -0.151. The first-order valence-electron chi connectivity index (χ1n) is 22.5. The Morgan fingerprint density at radius 3 is 2.60 bits per heavy atom. The molecule has 0 spiro atoms. The van der Waals surface area contributed by atoms with Gasteiger partial charge in [-0.3, -0.25) is 50.2 Å². The van der Waals surface area contributed by atoms with Crippen LogP contribution in [0.4, 0.5) is 0 Å². The van der Waals surface area contributed by atoms with E-state index in [1.807, 2.05) is 0 Å². The number of rotatable bonds is 20. The van der Waals surface area contributed by atoms with Crippen LogP contribution in [0.25, 0.3) is 0 Å². The zero-order valence-corrected chi connectivity index (χ0v) is 34.7. The summed E-state index contributed by atoms with van der Waals surface area (Å²) in [6.45, 7) is 9.75. The molecule has 18 heteroatoms. The lowest BCUT2D eigenvalue weighted by Gasteiger charge is -2.45. The van der Waals surface area contributed by atoms with Crippen molar-refractivity contribution in [2.24, 2.45) is 17.8 Å². The molecule has 2 saturated carbocycles. The van der Waals surface area contributed by atoms with Crippen molar-refractivity contribution >= 4 is 29.5 Å². The van der Waals surface area contributed by atoms with Crippen LogP contribution in [0.3, 0.4) is 0 Å². The van der Waals surface area contributed by atoms with Crippen LogP contribution < -0.4 is 48.3 Å². The van der Waals surface area contributed by atoms with Crippen LogP contribution in [-0.4, -0.2) is 146 Å². The highest BCUT2D eigenvalue weighted by molar-refractivity contribution is 6.11. The highest BCUT2D eigenvalue weighted by Crippen LogP contribution is 2.40. The second kappa shape index (κ2) is 20.7. The number of piperidine rings is 1. The number of hydrogen-bond donors (Lipinski definition) is 9. The first-order chi connectivity index (χ1) is 28.2. The van der Waals surface area contributed by atoms with Gasteiger partial charge in [0.2, 0.25) is 29.5 Å². The van der Waals surface area contributed by atoms with Gasteiger partial charge in [0.1, 0.15) is 6.04 Å². The first kappa shape index (κ1) is 43.4. The van der Waals surface area contributed by atoms with Gasteiger partial charge in [-0.1, -0.05) is 33.1 Å². The minimum Gasteiger partial charge on any atom is -0.379 e. The fourth-order valence-corrected chi connectivity index (χ4v) is 10.7. The third-order valence-electron chi connectivity index (χ3n) is 13.9. The molecule has 7 aliphatic rings. The molecule has 0 radical (unpaired) electrons. The van der Waals surface area contributed by atoms with E-state index in [9.17, 15) is 24.0 Å². The molecule has 7 fully saturated rings. The fourth-order valence-electron chi connectivity index (χ4n) is 10.7. The summed E-state index contributed by atoms with van der Waals surface area (Å²) in [6.07, 6.45) is 13.1. The van der Waals surface area contributed by atoms with Crippen LogP contribution in [0.5, 0.6) is 0 Å². The summed E-state index contributed by atoms with van der Waals surface area (Å²) in [7, 11) is 0. The molecule has 58 heavy (non-hydrogen) atoms. The number of ether oxygens (including phenoxy) is 1. The van der Waals surface area contributed by atoms with Crippen LogP contribution in [0.2, 0.25) is 0 Å². The summed E-state index contributed by atoms with van der Waals surface area (Å²) in [5, 5.41) is 24.7. The molecule has 9 N–H and O–H groups in total. The second-order valence-electron chi connectivity index (χ2n) is 17.6. The molecule has 326 valence electrons. The van der Waals surface area contributed by atoms with E-state index >= 15 is 0 Å². The van der Waals surface area contributed by atoms with E-state index in [1.165, 1.54) is 12.8 Å². The van der Waals surface area contributed by atoms with E-state index in [1.54, 1.807) is 0 Å². The van der Waals surface area contributed by atoms with Gasteiger partial charge < -0.3 is 20.7 Å². The van der Waals surface area contributed by atoms with Gasteiger partial charge in [-0.2, -0.15) is 5.53 Å². The summed E-state index contributed by atoms with van der Waals surface area (Å²) >= 11 is 0. The van der Waals surface area contributed by atoms with Gasteiger partial charge >= 0.3 is 0 Å². The minimum atomic E-state index is -0.901. The lowest BCUT2D eigenvalue weighted by atomic mass is 9.77. The maximum absolute atomic E-state index is 13.4. The van der Waals surface area contributed by atoms with Crippen molar-refractivity contribution in [3.8, 4) is 0 Å². The molecule has 18 nitrogen and oxygen atoms in total. The molecule has 5 saturated heterocycles. The number of likely N-dealkylation sites (tertiary alicyclic amines) is 1. The Kier molecular flexibility index (Phi) is 15.5. The monoisotopic (exact) mass is 815 g/mol. The predicted octanol–water partition coefficient (Wildman–Crippen LogP) is -1.10. The van der Waals surface area contributed by atoms with Crippen LogP contribution >= 0.6 is 0 Å². The summed E-state index contributed by atoms with van der Waals surface area (Å²) in [5.41, 5.74) is 10.2. The van der Waals surface area contributed by atoms with Crippen molar-refractivity contribution < 1.29 is 28.7 Å². The van der Waals surface area contributed by atoms with Crippen LogP contribution in [-0.2, 0) is 28.7 Å². The highest BCUT2D eigenvalue weighted by Gasteiger charge is 2.55. The van der Waals surface area contributed by atoms with Gasteiger partial charge in [0.25, 0.3) is 0 Å². The standard InChI is InChI=1S/C40H70N12O6/c1-3-25(4-2)31-22-34(52-33(46-31)14-16-44-52)45-27-11-10-26(21-27)43-23-36(54)42-15-6-7-28-24-50(49-48-28)18-20-58-19-17-41-30-9-5-8-29-37(30)40(57)51(39(29)56)32-12-13-35(53)47-38(32)55/h25-34,37,41,43-46,48-49H,3-24H2,1-2H3,(H,42,54)(H,47,53,55)/t26-,27-,28?,29?,30?,31?,32?,33?,34?,37?/m0/s1.